The molecule has 2 aliphatic carbocycles. The number of hydrogen-bond donors (Lipinski definition) is 1. The van der Waals surface area contributed by atoms with Crippen molar-refractivity contribution < 1.29 is 31.3 Å². The molecule has 1 aromatic carbocycles. The van der Waals surface area contributed by atoms with Crippen LogP contribution in [0.1, 0.15) is 31.4 Å². The molecule has 1 nitrogen and oxygen atoms in total. The first-order valence-corrected chi connectivity index (χ1v) is 7.72. The van der Waals surface area contributed by atoms with E-state index in [0.29, 0.717) is 0 Å². The van der Waals surface area contributed by atoms with E-state index in [0.717, 1.165) is 18.4 Å². The van der Waals surface area contributed by atoms with Crippen LogP contribution in [0, 0.1) is 70.6 Å². The van der Waals surface area contributed by atoms with Gasteiger partial charge in [0.1, 0.15) is 0 Å². The van der Waals surface area contributed by atoms with Gasteiger partial charge in [-0.2, -0.15) is 6.42 Å². The molecule has 1 atom stereocenters. The van der Waals surface area contributed by atoms with Gasteiger partial charge < -0.3 is 11.5 Å². The van der Waals surface area contributed by atoms with Crippen LogP contribution < -0.4 is 0 Å². The SMILES string of the molecule is CC[CH-]CC(O)c1ccccc1.[CH]1[CH][CH][CH][CH]1.[CH]1[CH][CH][CH][CH]1.[Zr]. The molecule has 2 saturated carbocycles. The number of aliphatic hydroxyl groups is 1. The standard InChI is InChI=1S/C11H15O.2C5H5.Zr/c1-2-3-9-11(12)10-7-5-4-6-8-10;2*1-2-4-5-3-1;/h3-8,11-12H,2,9H2,1H3;2*1-5H;/q-1;;;. The van der Waals surface area contributed by atoms with Crippen molar-refractivity contribution in [3.05, 3.63) is 107 Å². The van der Waals surface area contributed by atoms with Gasteiger partial charge in [-0.1, -0.05) is 37.3 Å². The van der Waals surface area contributed by atoms with Crippen molar-refractivity contribution in [1.82, 2.24) is 0 Å². The van der Waals surface area contributed by atoms with Crippen molar-refractivity contribution in [2.24, 2.45) is 0 Å². The van der Waals surface area contributed by atoms with Crippen LogP contribution in [0.2, 0.25) is 0 Å². The third kappa shape index (κ3) is 13.1. The Hall–Kier alpha value is 0.0631. The van der Waals surface area contributed by atoms with E-state index in [4.69, 9.17) is 0 Å². The van der Waals surface area contributed by atoms with E-state index in [2.05, 4.69) is 13.3 Å². The Bertz CT molecular complexity index is 306. The van der Waals surface area contributed by atoms with Crippen LogP contribution in [0.3, 0.4) is 0 Å². The van der Waals surface area contributed by atoms with Gasteiger partial charge in [-0.3, -0.25) is 0 Å². The maximum atomic E-state index is 9.62. The van der Waals surface area contributed by atoms with E-state index in [1.165, 1.54) is 0 Å². The van der Waals surface area contributed by atoms with Crippen molar-refractivity contribution in [3.8, 4) is 0 Å². The number of benzene rings is 1. The van der Waals surface area contributed by atoms with Crippen LogP contribution in [0.25, 0.3) is 0 Å². The summed E-state index contributed by atoms with van der Waals surface area (Å²) in [5.74, 6) is 0. The Morgan fingerprint density at radius 3 is 1.52 bits per heavy atom. The van der Waals surface area contributed by atoms with Gasteiger partial charge in [-0.15, -0.1) is 6.42 Å². The van der Waals surface area contributed by atoms with Crippen molar-refractivity contribution in [1.29, 1.82) is 0 Å². The number of aliphatic hydroxyl groups excluding tert-OH is 1. The Kier molecular flexibility index (Phi) is 17.0. The number of hydrogen-bond acceptors (Lipinski definition) is 1. The average molecular weight is 385 g/mol. The predicted octanol–water partition coefficient (Wildman–Crippen LogP) is 4.76. The smallest absolute Gasteiger partial charge is 0.0522 e. The van der Waals surface area contributed by atoms with Gasteiger partial charge in [-0.25, -0.2) is 0 Å². The summed E-state index contributed by atoms with van der Waals surface area (Å²) in [5, 5.41) is 9.62. The molecule has 2 aliphatic rings. The third-order valence-electron chi connectivity index (χ3n) is 2.97. The van der Waals surface area contributed by atoms with Gasteiger partial charge >= 0.3 is 0 Å². The molecule has 120 valence electrons. The van der Waals surface area contributed by atoms with Crippen LogP contribution in [0.15, 0.2) is 30.3 Å². The van der Waals surface area contributed by atoms with Gasteiger partial charge in [-0.05, 0) is 69.8 Å². The van der Waals surface area contributed by atoms with Crippen LogP contribution >= 0.6 is 0 Å². The zero-order valence-corrected chi connectivity index (χ0v) is 16.1. The molecule has 2 heteroatoms. The van der Waals surface area contributed by atoms with Gasteiger partial charge in [0.15, 0.2) is 0 Å². The monoisotopic (exact) mass is 383 g/mol. The molecule has 23 heavy (non-hydrogen) atoms. The van der Waals surface area contributed by atoms with Crippen LogP contribution in [-0.4, -0.2) is 5.11 Å². The van der Waals surface area contributed by atoms with Crippen molar-refractivity contribution >= 4 is 0 Å². The first-order chi connectivity index (χ1) is 10.8. The minimum absolute atomic E-state index is 0. The summed E-state index contributed by atoms with van der Waals surface area (Å²) >= 11 is 0. The number of unbranched alkanes of at least 4 members (excludes halogenated alkanes) is 1. The second-order valence-corrected chi connectivity index (χ2v) is 4.78. The van der Waals surface area contributed by atoms with Gasteiger partial charge in [0.25, 0.3) is 0 Å². The van der Waals surface area contributed by atoms with Crippen LogP contribution in [-0.2, 0) is 26.2 Å². The van der Waals surface area contributed by atoms with Gasteiger partial charge in [0.05, 0.1) is 6.10 Å². The van der Waals surface area contributed by atoms with Crippen molar-refractivity contribution in [2.45, 2.75) is 25.9 Å². The molecule has 1 aromatic rings. The maximum absolute atomic E-state index is 9.62. The molecule has 0 bridgehead atoms. The number of rotatable bonds is 4. The summed E-state index contributed by atoms with van der Waals surface area (Å²) in [6.45, 7) is 2.08. The molecule has 0 saturated heterocycles. The predicted molar refractivity (Wildman–Crippen MR) is 93.6 cm³/mol. The van der Waals surface area contributed by atoms with E-state index >= 15 is 0 Å². The summed E-state index contributed by atoms with van der Waals surface area (Å²) in [4.78, 5) is 0. The zero-order chi connectivity index (χ0) is 15.9. The van der Waals surface area contributed by atoms with Crippen LogP contribution in [0.4, 0.5) is 0 Å². The fourth-order valence-corrected chi connectivity index (χ4v) is 1.78. The summed E-state index contributed by atoms with van der Waals surface area (Å²) < 4.78 is 0. The molecule has 0 heterocycles. The largest absolute Gasteiger partial charge is 0.391 e. The van der Waals surface area contributed by atoms with Crippen molar-refractivity contribution in [2.75, 3.05) is 0 Å². The van der Waals surface area contributed by atoms with Gasteiger partial charge in [0.2, 0.25) is 0 Å². The Morgan fingerprint density at radius 1 is 0.783 bits per heavy atom. The minimum atomic E-state index is -0.328. The molecule has 0 spiro atoms. The molecular formula is C21H25OZr-. The van der Waals surface area contributed by atoms with Crippen molar-refractivity contribution in [3.63, 3.8) is 0 Å². The topological polar surface area (TPSA) is 20.2 Å². The van der Waals surface area contributed by atoms with E-state index < -0.39 is 0 Å². The van der Waals surface area contributed by atoms with E-state index in [1.807, 2.05) is 94.5 Å². The molecule has 1 N–H and O–H groups in total. The minimum Gasteiger partial charge on any atom is -0.391 e. The van der Waals surface area contributed by atoms with Gasteiger partial charge in [0, 0.05) is 26.2 Å². The molecule has 0 aromatic heterocycles. The summed E-state index contributed by atoms with van der Waals surface area (Å²) in [7, 11) is 0. The summed E-state index contributed by atoms with van der Waals surface area (Å²) in [6.07, 6.45) is 23.5. The fraction of sp³-hybridized carbons (Fsp3) is 0.190. The fourth-order valence-electron chi connectivity index (χ4n) is 1.78. The third-order valence-corrected chi connectivity index (χ3v) is 2.97. The molecule has 3 rings (SSSR count). The normalized spacial score (nSPS) is 17.1. The summed E-state index contributed by atoms with van der Waals surface area (Å²) in [6, 6.07) is 9.76. The van der Waals surface area contributed by atoms with E-state index in [-0.39, 0.29) is 32.3 Å². The quantitative estimate of drug-likeness (QED) is 0.742. The maximum Gasteiger partial charge on any atom is 0.0522 e. The van der Waals surface area contributed by atoms with Crippen LogP contribution in [0.5, 0.6) is 0 Å². The average Bonchev–Trinajstić information content (AvgIpc) is 3.31. The Morgan fingerprint density at radius 2 is 1.17 bits per heavy atom. The molecule has 0 aliphatic heterocycles. The second-order valence-electron chi connectivity index (χ2n) is 4.78. The Labute approximate surface area is 163 Å². The molecule has 2 fully saturated rings. The molecule has 10 radical (unpaired) electrons. The molecule has 0 amide bonds. The molecular weight excluding hydrogens is 359 g/mol. The van der Waals surface area contributed by atoms with E-state index in [9.17, 15) is 5.11 Å². The second kappa shape index (κ2) is 16.9. The zero-order valence-electron chi connectivity index (χ0n) is 13.7. The van der Waals surface area contributed by atoms with E-state index in [1.54, 1.807) is 0 Å². The first kappa shape index (κ1) is 23.1. The first-order valence-electron chi connectivity index (χ1n) is 7.72. The Balaban J connectivity index is 0.000000362. The summed E-state index contributed by atoms with van der Waals surface area (Å²) in [5.41, 5.74) is 1.00. The molecule has 1 unspecified atom stereocenters.